The summed E-state index contributed by atoms with van der Waals surface area (Å²) in [7, 11) is 0. The second-order valence-electron chi connectivity index (χ2n) is 8.04. The minimum atomic E-state index is -0.349. The van der Waals surface area contributed by atoms with Crippen LogP contribution in [0.5, 0.6) is 0 Å². The van der Waals surface area contributed by atoms with Crippen molar-refractivity contribution >= 4 is 29.0 Å². The molecule has 32 heavy (non-hydrogen) atoms. The zero-order valence-electron chi connectivity index (χ0n) is 18.2. The summed E-state index contributed by atoms with van der Waals surface area (Å²) in [5.74, 6) is -0.154. The summed E-state index contributed by atoms with van der Waals surface area (Å²) in [6.45, 7) is 4.31. The molecule has 3 aromatic carbocycles. The third-order valence-electron chi connectivity index (χ3n) is 5.55. The number of anilines is 3. The Morgan fingerprint density at radius 2 is 1.50 bits per heavy atom. The molecule has 1 aliphatic heterocycles. The molecule has 164 valence electrons. The first-order valence-electron chi connectivity index (χ1n) is 10.9. The molecule has 1 heterocycles. The van der Waals surface area contributed by atoms with Crippen LogP contribution in [-0.2, 0) is 6.54 Å². The van der Waals surface area contributed by atoms with Gasteiger partial charge in [-0.1, -0.05) is 48.0 Å². The number of rotatable bonds is 6. The molecule has 0 unspecified atom stereocenters. The Kier molecular flexibility index (Phi) is 6.70. The van der Waals surface area contributed by atoms with Crippen LogP contribution >= 0.6 is 0 Å². The first-order valence-corrected chi connectivity index (χ1v) is 10.9. The van der Waals surface area contributed by atoms with E-state index in [0.717, 1.165) is 42.7 Å². The average Bonchev–Trinajstić information content (AvgIpc) is 3.34. The predicted octanol–water partition coefficient (Wildman–Crippen LogP) is 5.17. The molecule has 0 aliphatic carbocycles. The van der Waals surface area contributed by atoms with Crippen LogP contribution < -0.4 is 20.9 Å². The van der Waals surface area contributed by atoms with Crippen LogP contribution in [0.25, 0.3) is 0 Å². The van der Waals surface area contributed by atoms with Crippen molar-refractivity contribution in [3.8, 4) is 0 Å². The van der Waals surface area contributed by atoms with Gasteiger partial charge in [-0.25, -0.2) is 4.79 Å². The van der Waals surface area contributed by atoms with Gasteiger partial charge < -0.3 is 20.9 Å². The van der Waals surface area contributed by atoms with Crippen LogP contribution in [0, 0.1) is 6.92 Å². The van der Waals surface area contributed by atoms with Crippen molar-refractivity contribution in [1.29, 1.82) is 0 Å². The summed E-state index contributed by atoms with van der Waals surface area (Å²) in [4.78, 5) is 27.8. The number of hydrogen-bond donors (Lipinski definition) is 3. The van der Waals surface area contributed by atoms with E-state index in [0.29, 0.717) is 23.5 Å². The molecular formula is C26H28N4O2. The Bertz CT molecular complexity index is 1070. The number of carbonyl (C=O) groups excluding carboxylic acids is 2. The summed E-state index contributed by atoms with van der Waals surface area (Å²) in [6.07, 6.45) is 2.23. The van der Waals surface area contributed by atoms with E-state index >= 15 is 0 Å². The maximum atomic E-state index is 13.1. The van der Waals surface area contributed by atoms with Gasteiger partial charge in [0.05, 0.1) is 5.56 Å². The SMILES string of the molecule is Cc1ccc(NC(=O)Nc2ccc(N3CCCC3)c(C(=O)NCc3ccccc3)c2)cc1. The van der Waals surface area contributed by atoms with Gasteiger partial charge >= 0.3 is 6.03 Å². The average molecular weight is 429 g/mol. The molecule has 3 N–H and O–H groups in total. The zero-order valence-corrected chi connectivity index (χ0v) is 18.2. The van der Waals surface area contributed by atoms with Crippen molar-refractivity contribution in [2.45, 2.75) is 26.3 Å². The molecule has 3 amide bonds. The lowest BCUT2D eigenvalue weighted by molar-refractivity contribution is 0.0951. The molecule has 1 aliphatic rings. The maximum absolute atomic E-state index is 13.1. The van der Waals surface area contributed by atoms with Crippen molar-refractivity contribution in [3.63, 3.8) is 0 Å². The lowest BCUT2D eigenvalue weighted by atomic mass is 10.1. The van der Waals surface area contributed by atoms with E-state index in [1.165, 1.54) is 0 Å². The summed E-state index contributed by atoms with van der Waals surface area (Å²) in [5.41, 5.74) is 4.91. The van der Waals surface area contributed by atoms with Crippen molar-refractivity contribution in [2.24, 2.45) is 0 Å². The number of amides is 3. The number of nitrogens with one attached hydrogen (secondary N) is 3. The second-order valence-corrected chi connectivity index (χ2v) is 8.04. The number of carbonyl (C=O) groups is 2. The standard InChI is InChI=1S/C26H28N4O2/c1-19-9-11-21(12-10-19)28-26(32)29-22-13-14-24(30-15-5-6-16-30)23(17-22)25(31)27-18-20-7-3-2-4-8-20/h2-4,7-14,17H,5-6,15-16,18H2,1H3,(H,27,31)(H2,28,29,32). The summed E-state index contributed by atoms with van der Waals surface area (Å²) < 4.78 is 0. The molecule has 1 fully saturated rings. The second kappa shape index (κ2) is 10.0. The molecule has 6 heteroatoms. The third-order valence-corrected chi connectivity index (χ3v) is 5.55. The minimum Gasteiger partial charge on any atom is -0.371 e. The summed E-state index contributed by atoms with van der Waals surface area (Å²) in [6, 6.07) is 22.6. The van der Waals surface area contributed by atoms with E-state index in [4.69, 9.17) is 0 Å². The largest absolute Gasteiger partial charge is 0.371 e. The van der Waals surface area contributed by atoms with Gasteiger partial charge in [0, 0.05) is 36.7 Å². The highest BCUT2D eigenvalue weighted by Gasteiger charge is 2.20. The molecule has 0 bridgehead atoms. The van der Waals surface area contributed by atoms with Gasteiger partial charge in [-0.3, -0.25) is 4.79 Å². The first-order chi connectivity index (χ1) is 15.6. The Morgan fingerprint density at radius 3 is 2.22 bits per heavy atom. The van der Waals surface area contributed by atoms with Crippen LogP contribution in [0.2, 0.25) is 0 Å². The molecule has 4 rings (SSSR count). The third kappa shape index (κ3) is 5.46. The van der Waals surface area contributed by atoms with Crippen LogP contribution in [0.1, 0.15) is 34.3 Å². The fourth-order valence-electron chi connectivity index (χ4n) is 3.83. The maximum Gasteiger partial charge on any atom is 0.323 e. The quantitative estimate of drug-likeness (QED) is 0.507. The lowest BCUT2D eigenvalue weighted by Gasteiger charge is -2.22. The van der Waals surface area contributed by atoms with Crippen molar-refractivity contribution in [1.82, 2.24) is 5.32 Å². The number of aryl methyl sites for hydroxylation is 1. The van der Waals surface area contributed by atoms with E-state index in [-0.39, 0.29) is 11.9 Å². The molecule has 6 nitrogen and oxygen atoms in total. The summed E-state index contributed by atoms with van der Waals surface area (Å²) in [5, 5.41) is 8.68. The molecule has 0 radical (unpaired) electrons. The van der Waals surface area contributed by atoms with Gasteiger partial charge in [-0.2, -0.15) is 0 Å². The predicted molar refractivity (Wildman–Crippen MR) is 129 cm³/mol. The normalized spacial score (nSPS) is 13.0. The highest BCUT2D eigenvalue weighted by atomic mass is 16.2. The van der Waals surface area contributed by atoms with Crippen LogP contribution in [-0.4, -0.2) is 25.0 Å². The van der Waals surface area contributed by atoms with E-state index in [9.17, 15) is 9.59 Å². The Balaban J connectivity index is 1.50. The van der Waals surface area contributed by atoms with Gasteiger partial charge in [-0.05, 0) is 55.7 Å². The van der Waals surface area contributed by atoms with Crippen LogP contribution in [0.4, 0.5) is 21.9 Å². The summed E-state index contributed by atoms with van der Waals surface area (Å²) >= 11 is 0. The van der Waals surface area contributed by atoms with E-state index in [2.05, 4.69) is 20.9 Å². The lowest BCUT2D eigenvalue weighted by Crippen LogP contribution is -2.27. The minimum absolute atomic E-state index is 0.154. The van der Waals surface area contributed by atoms with Gasteiger partial charge in [0.25, 0.3) is 5.91 Å². The van der Waals surface area contributed by atoms with E-state index < -0.39 is 0 Å². The molecule has 0 aromatic heterocycles. The molecule has 1 saturated heterocycles. The van der Waals surface area contributed by atoms with Crippen molar-refractivity contribution in [2.75, 3.05) is 28.6 Å². The number of hydrogen-bond acceptors (Lipinski definition) is 3. The van der Waals surface area contributed by atoms with Crippen molar-refractivity contribution in [3.05, 3.63) is 89.5 Å². The van der Waals surface area contributed by atoms with Gasteiger partial charge in [0.1, 0.15) is 0 Å². The first kappa shape index (κ1) is 21.4. The number of urea groups is 1. The zero-order chi connectivity index (χ0) is 22.3. The molecule has 0 saturated carbocycles. The monoisotopic (exact) mass is 428 g/mol. The molecule has 0 atom stereocenters. The van der Waals surface area contributed by atoms with Crippen molar-refractivity contribution < 1.29 is 9.59 Å². The van der Waals surface area contributed by atoms with E-state index in [1.54, 1.807) is 6.07 Å². The smallest absolute Gasteiger partial charge is 0.323 e. The number of benzene rings is 3. The van der Waals surface area contributed by atoms with Crippen LogP contribution in [0.15, 0.2) is 72.8 Å². The van der Waals surface area contributed by atoms with E-state index in [1.807, 2.05) is 73.7 Å². The Hall–Kier alpha value is -3.80. The van der Waals surface area contributed by atoms with Gasteiger partial charge in [0.15, 0.2) is 0 Å². The highest BCUT2D eigenvalue weighted by molar-refractivity contribution is 6.04. The molecule has 0 spiro atoms. The fraction of sp³-hybridized carbons (Fsp3) is 0.231. The van der Waals surface area contributed by atoms with Gasteiger partial charge in [0.2, 0.25) is 0 Å². The fourth-order valence-corrected chi connectivity index (χ4v) is 3.83. The van der Waals surface area contributed by atoms with Gasteiger partial charge in [-0.15, -0.1) is 0 Å². The molecular weight excluding hydrogens is 400 g/mol. The topological polar surface area (TPSA) is 73.5 Å². The Labute approximate surface area is 188 Å². The number of nitrogens with zero attached hydrogens (tertiary/aromatic N) is 1. The van der Waals surface area contributed by atoms with Crippen LogP contribution in [0.3, 0.4) is 0 Å². The Morgan fingerprint density at radius 1 is 0.844 bits per heavy atom. The highest BCUT2D eigenvalue weighted by Crippen LogP contribution is 2.28. The molecule has 3 aromatic rings.